The van der Waals surface area contributed by atoms with Crippen molar-refractivity contribution in [3.63, 3.8) is 0 Å². The van der Waals surface area contributed by atoms with E-state index in [0.29, 0.717) is 22.4 Å². The van der Waals surface area contributed by atoms with Crippen molar-refractivity contribution in [2.75, 3.05) is 18.0 Å². The van der Waals surface area contributed by atoms with Crippen LogP contribution in [0.1, 0.15) is 56.0 Å². The van der Waals surface area contributed by atoms with Gasteiger partial charge in [-0.25, -0.2) is 4.39 Å². The highest BCUT2D eigenvalue weighted by atomic mass is 19.1. The summed E-state index contributed by atoms with van der Waals surface area (Å²) < 4.78 is 19.4. The van der Waals surface area contributed by atoms with Crippen molar-refractivity contribution in [3.8, 4) is 5.75 Å². The number of Topliss-reactive ketones (excluding diaryl/α,β-unsaturated/α-hetero) is 1. The molecule has 1 N–H and O–H groups in total. The molecule has 0 aliphatic carbocycles. The monoisotopic (exact) mass is 530 g/mol. The molecule has 204 valence electrons. The maximum Gasteiger partial charge on any atom is 0.295 e. The molecule has 0 spiro atoms. The number of carbonyl (C=O) groups is 2. The number of aliphatic hydroxyl groups excluding tert-OH is 1. The number of aryl methyl sites for hydroxylation is 1. The van der Waals surface area contributed by atoms with Gasteiger partial charge in [0.1, 0.15) is 17.3 Å². The summed E-state index contributed by atoms with van der Waals surface area (Å²) in [5, 5.41) is 11.5. The topological polar surface area (TPSA) is 70.1 Å². The molecule has 39 heavy (non-hydrogen) atoms. The number of benzene rings is 3. The SMILES string of the molecule is CCN(CC)c1ccc(C2/C(=C(/O)c3ccc(OC(C)C)c(C)c3)C(=O)C(=O)N2Cc2ccc(F)cc2)cc1. The first-order valence-electron chi connectivity index (χ1n) is 13.3. The van der Waals surface area contributed by atoms with E-state index in [-0.39, 0.29) is 29.8 Å². The van der Waals surface area contributed by atoms with Crippen molar-refractivity contribution in [1.29, 1.82) is 0 Å². The van der Waals surface area contributed by atoms with Gasteiger partial charge in [0, 0.05) is 30.9 Å². The van der Waals surface area contributed by atoms with Crippen LogP contribution in [0.2, 0.25) is 0 Å². The molecule has 0 radical (unpaired) electrons. The number of hydrogen-bond donors (Lipinski definition) is 1. The number of amides is 1. The second-order valence-electron chi connectivity index (χ2n) is 9.96. The average molecular weight is 531 g/mol. The number of carbonyl (C=O) groups excluding carboxylic acids is 2. The van der Waals surface area contributed by atoms with Gasteiger partial charge >= 0.3 is 0 Å². The quantitative estimate of drug-likeness (QED) is 0.197. The lowest BCUT2D eigenvalue weighted by Crippen LogP contribution is -2.29. The average Bonchev–Trinajstić information content (AvgIpc) is 3.16. The molecular formula is C32H35FN2O4. The fourth-order valence-corrected chi connectivity index (χ4v) is 4.97. The number of aliphatic hydroxyl groups is 1. The predicted octanol–water partition coefficient (Wildman–Crippen LogP) is 6.39. The Morgan fingerprint density at radius 1 is 1.00 bits per heavy atom. The molecule has 1 heterocycles. The van der Waals surface area contributed by atoms with Gasteiger partial charge in [-0.05, 0) is 93.8 Å². The van der Waals surface area contributed by atoms with Crippen LogP contribution in [0.3, 0.4) is 0 Å². The Bertz CT molecular complexity index is 1380. The summed E-state index contributed by atoms with van der Waals surface area (Å²) in [5.41, 5.74) is 3.64. The van der Waals surface area contributed by atoms with Gasteiger partial charge in [0.15, 0.2) is 0 Å². The normalized spacial score (nSPS) is 16.7. The van der Waals surface area contributed by atoms with E-state index in [2.05, 4.69) is 18.7 Å². The van der Waals surface area contributed by atoms with Crippen LogP contribution < -0.4 is 9.64 Å². The zero-order valence-corrected chi connectivity index (χ0v) is 23.1. The molecule has 1 aliphatic heterocycles. The van der Waals surface area contributed by atoms with Crippen molar-refractivity contribution in [2.45, 2.75) is 53.3 Å². The van der Waals surface area contributed by atoms with Gasteiger partial charge in [-0.1, -0.05) is 24.3 Å². The molecular weight excluding hydrogens is 495 g/mol. The van der Waals surface area contributed by atoms with Gasteiger partial charge in [-0.15, -0.1) is 0 Å². The molecule has 1 fully saturated rings. The Balaban J connectivity index is 1.82. The second kappa shape index (κ2) is 11.7. The lowest BCUT2D eigenvalue weighted by molar-refractivity contribution is -0.140. The fraction of sp³-hybridized carbons (Fsp3) is 0.312. The maximum absolute atomic E-state index is 13.5. The molecule has 7 heteroatoms. The Hall–Kier alpha value is -4.13. The van der Waals surface area contributed by atoms with Gasteiger partial charge in [0.05, 0.1) is 17.7 Å². The summed E-state index contributed by atoms with van der Waals surface area (Å²) in [4.78, 5) is 30.4. The number of anilines is 1. The molecule has 3 aromatic rings. The Morgan fingerprint density at radius 3 is 2.21 bits per heavy atom. The molecule has 0 aromatic heterocycles. The summed E-state index contributed by atoms with van der Waals surface area (Å²) in [7, 11) is 0. The molecule has 1 atom stereocenters. The number of nitrogens with zero attached hydrogens (tertiary/aromatic N) is 2. The molecule has 1 unspecified atom stereocenters. The summed E-state index contributed by atoms with van der Waals surface area (Å²) in [5.74, 6) is -1.42. The van der Waals surface area contributed by atoms with Gasteiger partial charge in [0.2, 0.25) is 0 Å². The molecule has 4 rings (SSSR count). The Kier molecular flexibility index (Phi) is 8.38. The lowest BCUT2D eigenvalue weighted by atomic mass is 9.94. The number of hydrogen-bond acceptors (Lipinski definition) is 5. The molecule has 0 bridgehead atoms. The molecule has 6 nitrogen and oxygen atoms in total. The van der Waals surface area contributed by atoms with Crippen LogP contribution in [0.4, 0.5) is 10.1 Å². The zero-order chi connectivity index (χ0) is 28.3. The summed E-state index contributed by atoms with van der Waals surface area (Å²) >= 11 is 0. The third kappa shape index (κ3) is 5.82. The van der Waals surface area contributed by atoms with E-state index in [9.17, 15) is 19.1 Å². The van der Waals surface area contributed by atoms with E-state index >= 15 is 0 Å². The predicted molar refractivity (Wildman–Crippen MR) is 151 cm³/mol. The van der Waals surface area contributed by atoms with Crippen LogP contribution in [0.25, 0.3) is 5.76 Å². The zero-order valence-electron chi connectivity index (χ0n) is 23.1. The number of likely N-dealkylation sites (tertiary alicyclic amines) is 1. The van der Waals surface area contributed by atoms with Gasteiger partial charge in [-0.3, -0.25) is 9.59 Å². The van der Waals surface area contributed by atoms with E-state index in [0.717, 1.165) is 24.3 Å². The van der Waals surface area contributed by atoms with E-state index in [1.54, 1.807) is 30.3 Å². The summed E-state index contributed by atoms with van der Waals surface area (Å²) in [6.45, 7) is 11.7. The highest BCUT2D eigenvalue weighted by Crippen LogP contribution is 2.41. The number of ketones is 1. The van der Waals surface area contributed by atoms with Crippen LogP contribution in [0, 0.1) is 12.7 Å². The van der Waals surface area contributed by atoms with Crippen molar-refractivity contribution in [2.24, 2.45) is 0 Å². The number of ether oxygens (including phenoxy) is 1. The third-order valence-electron chi connectivity index (χ3n) is 6.95. The number of rotatable bonds is 9. The van der Waals surface area contributed by atoms with E-state index < -0.39 is 17.7 Å². The summed E-state index contributed by atoms with van der Waals surface area (Å²) in [6, 6.07) is 17.9. The minimum atomic E-state index is -0.812. The fourth-order valence-electron chi connectivity index (χ4n) is 4.97. The first-order valence-corrected chi connectivity index (χ1v) is 13.3. The van der Waals surface area contributed by atoms with Crippen LogP contribution in [-0.2, 0) is 16.1 Å². The van der Waals surface area contributed by atoms with Crippen LogP contribution in [0.15, 0.2) is 72.3 Å². The molecule has 1 saturated heterocycles. The lowest BCUT2D eigenvalue weighted by Gasteiger charge is -2.27. The second-order valence-corrected chi connectivity index (χ2v) is 9.96. The van der Waals surface area contributed by atoms with E-state index in [1.165, 1.54) is 17.0 Å². The summed E-state index contributed by atoms with van der Waals surface area (Å²) in [6.07, 6.45) is -0.0146. The van der Waals surface area contributed by atoms with Crippen molar-refractivity contribution in [3.05, 3.63) is 100 Å². The highest BCUT2D eigenvalue weighted by Gasteiger charge is 2.46. The van der Waals surface area contributed by atoms with Gasteiger partial charge in [0.25, 0.3) is 11.7 Å². The largest absolute Gasteiger partial charge is 0.507 e. The first-order chi connectivity index (χ1) is 18.6. The minimum Gasteiger partial charge on any atom is -0.507 e. The Labute approximate surface area is 229 Å². The maximum atomic E-state index is 13.5. The molecule has 1 aliphatic rings. The van der Waals surface area contributed by atoms with Crippen LogP contribution in [0.5, 0.6) is 5.75 Å². The third-order valence-corrected chi connectivity index (χ3v) is 6.95. The Morgan fingerprint density at radius 2 is 1.64 bits per heavy atom. The van der Waals surface area contributed by atoms with Gasteiger partial charge < -0.3 is 19.6 Å². The van der Waals surface area contributed by atoms with Crippen molar-refractivity contribution < 1.29 is 23.8 Å². The smallest absolute Gasteiger partial charge is 0.295 e. The van der Waals surface area contributed by atoms with Gasteiger partial charge in [-0.2, -0.15) is 0 Å². The standard InChI is InChI=1S/C32H35FN2O4/c1-6-34(7-2)26-15-10-23(11-16-26)29-28(30(36)24-12-17-27(21(5)18-24)39-20(3)4)31(37)32(38)35(29)19-22-8-13-25(33)14-9-22/h8-18,20,29,36H,6-7,19H2,1-5H3/b30-28-. The van der Waals surface area contributed by atoms with Crippen LogP contribution >= 0.6 is 0 Å². The number of halogens is 1. The highest BCUT2D eigenvalue weighted by molar-refractivity contribution is 6.46. The first kappa shape index (κ1) is 27.9. The van der Waals surface area contributed by atoms with E-state index in [4.69, 9.17) is 4.74 Å². The van der Waals surface area contributed by atoms with Crippen LogP contribution in [-0.4, -0.2) is 40.9 Å². The van der Waals surface area contributed by atoms with E-state index in [1.807, 2.05) is 45.0 Å². The molecule has 0 saturated carbocycles. The molecule has 1 amide bonds. The van der Waals surface area contributed by atoms with Crippen molar-refractivity contribution >= 4 is 23.1 Å². The minimum absolute atomic E-state index is 0.0146. The van der Waals surface area contributed by atoms with Crippen molar-refractivity contribution in [1.82, 2.24) is 4.90 Å². The molecule has 3 aromatic carbocycles.